The summed E-state index contributed by atoms with van der Waals surface area (Å²) in [7, 11) is 0. The van der Waals surface area contributed by atoms with Gasteiger partial charge in [0, 0.05) is 11.8 Å². The predicted molar refractivity (Wildman–Crippen MR) is 35.2 cm³/mol. The van der Waals surface area contributed by atoms with Gasteiger partial charge in [0.1, 0.15) is 6.33 Å². The van der Waals surface area contributed by atoms with Gasteiger partial charge >= 0.3 is 0 Å². The first kappa shape index (κ1) is 5.80. The van der Waals surface area contributed by atoms with Crippen LogP contribution in [0.2, 0.25) is 0 Å². The van der Waals surface area contributed by atoms with Gasteiger partial charge in [-0.3, -0.25) is 0 Å². The molecule has 10 heavy (non-hydrogen) atoms. The fourth-order valence-corrected chi connectivity index (χ4v) is 1.12. The van der Waals surface area contributed by atoms with Crippen LogP contribution in [0.15, 0.2) is 12.5 Å². The van der Waals surface area contributed by atoms with Crippen molar-refractivity contribution in [2.24, 2.45) is 0 Å². The molecule has 1 atom stereocenters. The van der Waals surface area contributed by atoms with Gasteiger partial charge in [0.25, 0.3) is 0 Å². The Labute approximate surface area is 59.1 Å². The minimum Gasteiger partial charge on any atom is -0.367 e. The largest absolute Gasteiger partial charge is 0.367 e. The number of ether oxygens (including phenoxy) is 1. The van der Waals surface area contributed by atoms with Gasteiger partial charge in [-0.1, -0.05) is 0 Å². The zero-order valence-electron chi connectivity index (χ0n) is 5.74. The highest BCUT2D eigenvalue weighted by atomic mass is 16.5. The zero-order valence-corrected chi connectivity index (χ0v) is 5.74. The molecule has 0 bridgehead atoms. The summed E-state index contributed by atoms with van der Waals surface area (Å²) in [5.41, 5.74) is 2.16. The number of rotatable bonds is 0. The highest BCUT2D eigenvalue weighted by molar-refractivity contribution is 5.20. The van der Waals surface area contributed by atoms with E-state index in [9.17, 15) is 0 Å². The van der Waals surface area contributed by atoms with Crippen molar-refractivity contribution in [3.63, 3.8) is 0 Å². The molecule has 0 aliphatic carbocycles. The second-order valence-electron chi connectivity index (χ2n) is 2.38. The Morgan fingerprint density at radius 3 is 3.40 bits per heavy atom. The van der Waals surface area contributed by atoms with Crippen molar-refractivity contribution in [1.82, 2.24) is 9.97 Å². The summed E-state index contributed by atoms with van der Waals surface area (Å²) < 4.78 is 5.32. The van der Waals surface area contributed by atoms with Crippen molar-refractivity contribution in [2.75, 3.05) is 0 Å². The SMILES string of the molecule is C[C@H]1OCc2ncncc21. The second-order valence-corrected chi connectivity index (χ2v) is 2.38. The molecule has 0 radical (unpaired) electrons. The molecule has 0 aromatic carbocycles. The fraction of sp³-hybridized carbons (Fsp3) is 0.429. The lowest BCUT2D eigenvalue weighted by Gasteiger charge is -1.99. The molecule has 0 saturated heterocycles. The maximum Gasteiger partial charge on any atom is 0.115 e. The quantitative estimate of drug-likeness (QED) is 0.535. The van der Waals surface area contributed by atoms with Crippen molar-refractivity contribution in [3.8, 4) is 0 Å². The van der Waals surface area contributed by atoms with Crippen molar-refractivity contribution in [1.29, 1.82) is 0 Å². The molecule has 1 aliphatic heterocycles. The summed E-state index contributed by atoms with van der Waals surface area (Å²) in [4.78, 5) is 7.99. The molecule has 3 heteroatoms. The first-order valence-corrected chi connectivity index (χ1v) is 3.28. The summed E-state index contributed by atoms with van der Waals surface area (Å²) in [5, 5.41) is 0. The number of fused-ring (bicyclic) bond motifs is 1. The molecular weight excluding hydrogens is 128 g/mol. The Balaban J connectivity index is 2.51. The zero-order chi connectivity index (χ0) is 6.97. The minimum atomic E-state index is 0.177. The Bertz CT molecular complexity index is 249. The van der Waals surface area contributed by atoms with E-state index < -0.39 is 0 Å². The maximum atomic E-state index is 5.32. The summed E-state index contributed by atoms with van der Waals surface area (Å²) in [6, 6.07) is 0. The third-order valence-electron chi connectivity index (χ3n) is 1.74. The van der Waals surface area contributed by atoms with Crippen molar-refractivity contribution in [3.05, 3.63) is 23.8 Å². The Morgan fingerprint density at radius 2 is 2.60 bits per heavy atom. The number of aromatic nitrogens is 2. The first-order valence-electron chi connectivity index (χ1n) is 3.28. The van der Waals surface area contributed by atoms with E-state index in [2.05, 4.69) is 9.97 Å². The van der Waals surface area contributed by atoms with Crippen LogP contribution in [0.4, 0.5) is 0 Å². The molecule has 0 saturated carbocycles. The molecule has 0 fully saturated rings. The average molecular weight is 136 g/mol. The van der Waals surface area contributed by atoms with Gasteiger partial charge in [0.05, 0.1) is 18.4 Å². The Morgan fingerprint density at radius 1 is 1.70 bits per heavy atom. The van der Waals surface area contributed by atoms with Gasteiger partial charge in [-0.05, 0) is 6.92 Å². The van der Waals surface area contributed by atoms with E-state index in [0.717, 1.165) is 11.3 Å². The molecule has 0 unspecified atom stereocenters. The topological polar surface area (TPSA) is 35.0 Å². The van der Waals surface area contributed by atoms with Crippen molar-refractivity contribution < 1.29 is 4.74 Å². The van der Waals surface area contributed by atoms with E-state index in [1.807, 2.05) is 13.1 Å². The standard InChI is InChI=1S/C7H8N2O/c1-5-6-2-8-4-9-7(6)3-10-5/h2,4-5H,3H2,1H3/t5-/m1/s1. The van der Waals surface area contributed by atoms with Crippen LogP contribution in [0.3, 0.4) is 0 Å². The van der Waals surface area contributed by atoms with E-state index >= 15 is 0 Å². The van der Waals surface area contributed by atoms with Crippen LogP contribution in [0.5, 0.6) is 0 Å². The molecule has 0 N–H and O–H groups in total. The van der Waals surface area contributed by atoms with Crippen molar-refractivity contribution >= 4 is 0 Å². The molecule has 2 heterocycles. The molecule has 0 spiro atoms. The molecule has 3 nitrogen and oxygen atoms in total. The van der Waals surface area contributed by atoms with E-state index in [4.69, 9.17) is 4.74 Å². The van der Waals surface area contributed by atoms with Crippen LogP contribution < -0.4 is 0 Å². The summed E-state index contributed by atoms with van der Waals surface area (Å²) >= 11 is 0. The predicted octanol–water partition coefficient (Wildman–Crippen LogP) is 1.07. The van der Waals surface area contributed by atoms with Gasteiger partial charge < -0.3 is 4.74 Å². The van der Waals surface area contributed by atoms with Gasteiger partial charge in [-0.2, -0.15) is 0 Å². The van der Waals surface area contributed by atoms with E-state index in [0.29, 0.717) is 6.61 Å². The third kappa shape index (κ3) is 0.708. The monoisotopic (exact) mass is 136 g/mol. The highest BCUT2D eigenvalue weighted by Crippen LogP contribution is 2.26. The minimum absolute atomic E-state index is 0.177. The lowest BCUT2D eigenvalue weighted by molar-refractivity contribution is 0.0786. The summed E-state index contributed by atoms with van der Waals surface area (Å²) in [5.74, 6) is 0. The molecule has 1 aromatic heterocycles. The van der Waals surface area contributed by atoms with Gasteiger partial charge in [0.2, 0.25) is 0 Å². The number of nitrogens with zero attached hydrogens (tertiary/aromatic N) is 2. The maximum absolute atomic E-state index is 5.32. The molecule has 1 aromatic rings. The number of hydrogen-bond donors (Lipinski definition) is 0. The third-order valence-corrected chi connectivity index (χ3v) is 1.74. The second kappa shape index (κ2) is 2.02. The van der Waals surface area contributed by atoms with Gasteiger partial charge in [-0.15, -0.1) is 0 Å². The van der Waals surface area contributed by atoms with Crippen LogP contribution >= 0.6 is 0 Å². The highest BCUT2D eigenvalue weighted by Gasteiger charge is 2.19. The fourth-order valence-electron chi connectivity index (χ4n) is 1.12. The lowest BCUT2D eigenvalue weighted by atomic mass is 10.2. The van der Waals surface area contributed by atoms with Gasteiger partial charge in [0.15, 0.2) is 0 Å². The van der Waals surface area contributed by atoms with Crippen LogP contribution in [-0.2, 0) is 11.3 Å². The Kier molecular flexibility index (Phi) is 1.17. The molecular formula is C7H8N2O. The van der Waals surface area contributed by atoms with Crippen LogP contribution in [0.1, 0.15) is 24.3 Å². The smallest absolute Gasteiger partial charge is 0.115 e. The van der Waals surface area contributed by atoms with E-state index in [-0.39, 0.29) is 6.10 Å². The summed E-state index contributed by atoms with van der Waals surface area (Å²) in [6.45, 7) is 2.65. The molecule has 52 valence electrons. The van der Waals surface area contributed by atoms with Crippen LogP contribution in [0, 0.1) is 0 Å². The van der Waals surface area contributed by atoms with Crippen LogP contribution in [-0.4, -0.2) is 9.97 Å². The average Bonchev–Trinajstić information content (AvgIpc) is 2.34. The molecule has 2 rings (SSSR count). The number of hydrogen-bond acceptors (Lipinski definition) is 3. The molecule has 0 amide bonds. The normalized spacial score (nSPS) is 22.7. The molecule has 1 aliphatic rings. The van der Waals surface area contributed by atoms with Crippen molar-refractivity contribution in [2.45, 2.75) is 19.6 Å². The summed E-state index contributed by atoms with van der Waals surface area (Å²) in [6.07, 6.45) is 3.55. The van der Waals surface area contributed by atoms with Crippen LogP contribution in [0.25, 0.3) is 0 Å². The van der Waals surface area contributed by atoms with E-state index in [1.54, 1.807) is 6.33 Å². The Hall–Kier alpha value is -0.960. The first-order chi connectivity index (χ1) is 4.88. The lowest BCUT2D eigenvalue weighted by Crippen LogP contribution is -1.90. The van der Waals surface area contributed by atoms with E-state index in [1.165, 1.54) is 0 Å². The van der Waals surface area contributed by atoms with Gasteiger partial charge in [-0.25, -0.2) is 9.97 Å².